The smallest absolute Gasteiger partial charge is 0.191 e. The second kappa shape index (κ2) is 8.35. The molecule has 0 heterocycles. The Labute approximate surface area is 173 Å². The molecule has 0 radical (unpaired) electrons. The van der Waals surface area contributed by atoms with Gasteiger partial charge in [0.25, 0.3) is 0 Å². The van der Waals surface area contributed by atoms with Crippen LogP contribution in [0.3, 0.4) is 0 Å². The standard InChI is InChI=1S/C24H42O3Si/c1-23(2,3)28(4,5)27-15-11-9-7-6-8-10-14-24(26)17-20(25)21-18-12-13-19(16-18)22(21)24/h12-13,18-19,21-22,26H,6-11,14-17H2,1-5H3/t18-,19+,21+,22+,24-/m0/s1. The number of allylic oxidation sites excluding steroid dienone is 2. The summed E-state index contributed by atoms with van der Waals surface area (Å²) in [7, 11) is -1.59. The molecular weight excluding hydrogens is 364 g/mol. The molecule has 0 saturated heterocycles. The van der Waals surface area contributed by atoms with E-state index < -0.39 is 13.9 Å². The van der Waals surface area contributed by atoms with Gasteiger partial charge in [-0.25, -0.2) is 0 Å². The molecule has 0 aromatic carbocycles. The summed E-state index contributed by atoms with van der Waals surface area (Å²) in [6.45, 7) is 12.4. The Bertz CT molecular complexity index is 591. The van der Waals surface area contributed by atoms with E-state index in [0.717, 1.165) is 32.3 Å². The van der Waals surface area contributed by atoms with Crippen LogP contribution < -0.4 is 0 Å². The Hall–Kier alpha value is -0.453. The second-order valence-corrected chi connectivity index (χ2v) is 16.0. The Morgan fingerprint density at radius 1 is 1.07 bits per heavy atom. The summed E-state index contributed by atoms with van der Waals surface area (Å²) in [4.78, 5) is 12.4. The lowest BCUT2D eigenvalue weighted by Crippen LogP contribution is -2.40. The van der Waals surface area contributed by atoms with Crippen molar-refractivity contribution in [3.8, 4) is 0 Å². The summed E-state index contributed by atoms with van der Waals surface area (Å²) in [6, 6.07) is 0. The molecule has 5 atom stereocenters. The van der Waals surface area contributed by atoms with Crippen molar-refractivity contribution in [2.75, 3.05) is 6.61 Å². The quantitative estimate of drug-likeness (QED) is 0.280. The van der Waals surface area contributed by atoms with E-state index in [2.05, 4.69) is 46.0 Å². The van der Waals surface area contributed by atoms with Crippen molar-refractivity contribution in [3.63, 3.8) is 0 Å². The molecule has 2 fully saturated rings. The van der Waals surface area contributed by atoms with Crippen molar-refractivity contribution >= 4 is 14.1 Å². The van der Waals surface area contributed by atoms with E-state index in [1.54, 1.807) is 0 Å². The third kappa shape index (κ3) is 4.49. The highest BCUT2D eigenvalue weighted by Crippen LogP contribution is 2.58. The van der Waals surface area contributed by atoms with Crippen molar-refractivity contribution in [1.82, 2.24) is 0 Å². The van der Waals surface area contributed by atoms with Gasteiger partial charge in [-0.05, 0) is 49.2 Å². The molecule has 1 N–H and O–H groups in total. The minimum absolute atomic E-state index is 0.126. The molecule has 0 amide bonds. The van der Waals surface area contributed by atoms with Crippen LogP contribution in [0.25, 0.3) is 0 Å². The van der Waals surface area contributed by atoms with Crippen molar-refractivity contribution in [2.24, 2.45) is 23.7 Å². The van der Waals surface area contributed by atoms with Crippen LogP contribution in [0.15, 0.2) is 12.2 Å². The van der Waals surface area contributed by atoms with Gasteiger partial charge in [-0.3, -0.25) is 4.79 Å². The summed E-state index contributed by atoms with van der Waals surface area (Å²) in [5.41, 5.74) is -0.719. The lowest BCUT2D eigenvalue weighted by Gasteiger charge is -2.36. The number of hydrogen-bond donors (Lipinski definition) is 1. The molecule has 0 unspecified atom stereocenters. The van der Waals surface area contributed by atoms with Gasteiger partial charge in [-0.1, -0.05) is 65.0 Å². The van der Waals surface area contributed by atoms with Gasteiger partial charge < -0.3 is 9.53 Å². The van der Waals surface area contributed by atoms with Crippen molar-refractivity contribution in [2.45, 2.75) is 102 Å². The molecule has 3 nitrogen and oxygen atoms in total. The van der Waals surface area contributed by atoms with Gasteiger partial charge in [-0.2, -0.15) is 0 Å². The fourth-order valence-corrected chi connectivity index (χ4v) is 6.66. The first kappa shape index (κ1) is 22.2. The third-order valence-corrected chi connectivity index (χ3v) is 12.7. The Morgan fingerprint density at radius 3 is 2.36 bits per heavy atom. The highest BCUT2D eigenvalue weighted by molar-refractivity contribution is 6.74. The summed E-state index contributed by atoms with van der Waals surface area (Å²) >= 11 is 0. The van der Waals surface area contributed by atoms with Gasteiger partial charge in [0.2, 0.25) is 0 Å². The maximum absolute atomic E-state index is 12.4. The predicted molar refractivity (Wildman–Crippen MR) is 118 cm³/mol. The Kier molecular flexibility index (Phi) is 6.63. The predicted octanol–water partition coefficient (Wildman–Crippen LogP) is 5.88. The molecule has 4 heteroatoms. The van der Waals surface area contributed by atoms with Crippen molar-refractivity contribution in [1.29, 1.82) is 0 Å². The summed E-state index contributed by atoms with van der Waals surface area (Å²) in [5, 5.41) is 11.5. The van der Waals surface area contributed by atoms with Gasteiger partial charge in [0.1, 0.15) is 5.78 Å². The molecule has 28 heavy (non-hydrogen) atoms. The summed E-state index contributed by atoms with van der Waals surface area (Å²) in [5.74, 6) is 1.53. The van der Waals surface area contributed by atoms with E-state index in [1.807, 2.05) is 0 Å². The van der Waals surface area contributed by atoms with E-state index in [9.17, 15) is 9.90 Å². The zero-order valence-electron chi connectivity index (χ0n) is 18.8. The lowest BCUT2D eigenvalue weighted by atomic mass is 9.76. The van der Waals surface area contributed by atoms with Crippen LogP contribution >= 0.6 is 0 Å². The zero-order chi connectivity index (χ0) is 20.6. The average molecular weight is 407 g/mol. The van der Waals surface area contributed by atoms with Crippen LogP contribution in [0.5, 0.6) is 0 Å². The molecular formula is C24H42O3Si. The molecule has 0 spiro atoms. The largest absolute Gasteiger partial charge is 0.417 e. The molecule has 2 bridgehead atoms. The number of rotatable bonds is 10. The van der Waals surface area contributed by atoms with Gasteiger partial charge in [0, 0.05) is 24.9 Å². The van der Waals surface area contributed by atoms with Crippen LogP contribution in [-0.4, -0.2) is 31.4 Å². The van der Waals surface area contributed by atoms with Gasteiger partial charge in [-0.15, -0.1) is 0 Å². The first-order valence-corrected chi connectivity index (χ1v) is 14.5. The van der Waals surface area contributed by atoms with Crippen LogP contribution in [0, 0.1) is 23.7 Å². The minimum atomic E-state index is -1.59. The molecule has 3 aliphatic rings. The zero-order valence-corrected chi connectivity index (χ0v) is 19.8. The molecule has 3 rings (SSSR count). The fourth-order valence-electron chi connectivity index (χ4n) is 5.57. The van der Waals surface area contributed by atoms with E-state index in [0.29, 0.717) is 29.1 Å². The van der Waals surface area contributed by atoms with E-state index in [4.69, 9.17) is 4.43 Å². The Morgan fingerprint density at radius 2 is 1.68 bits per heavy atom. The molecule has 0 aromatic rings. The number of carbonyl (C=O) groups excluding carboxylic acids is 1. The average Bonchev–Trinajstić information content (AvgIpc) is 3.26. The van der Waals surface area contributed by atoms with Gasteiger partial charge in [0.05, 0.1) is 5.60 Å². The lowest BCUT2D eigenvalue weighted by molar-refractivity contribution is -0.122. The third-order valence-electron chi connectivity index (χ3n) is 8.20. The first-order valence-electron chi connectivity index (χ1n) is 11.6. The molecule has 0 aliphatic heterocycles. The topological polar surface area (TPSA) is 46.5 Å². The minimum Gasteiger partial charge on any atom is -0.417 e. The fraction of sp³-hybridized carbons (Fsp3) is 0.875. The highest BCUT2D eigenvalue weighted by atomic mass is 28.4. The number of unbranched alkanes of at least 4 members (excludes halogenated alkanes) is 5. The van der Waals surface area contributed by atoms with Crippen molar-refractivity contribution in [3.05, 3.63) is 12.2 Å². The number of fused-ring (bicyclic) bond motifs is 5. The Balaban J connectivity index is 1.28. The monoisotopic (exact) mass is 406 g/mol. The number of hydrogen-bond acceptors (Lipinski definition) is 3. The molecule has 2 saturated carbocycles. The number of aliphatic hydroxyl groups is 1. The van der Waals surface area contributed by atoms with Crippen LogP contribution in [0.1, 0.15) is 78.6 Å². The highest BCUT2D eigenvalue weighted by Gasteiger charge is 2.61. The van der Waals surface area contributed by atoms with Crippen LogP contribution in [-0.2, 0) is 9.22 Å². The molecule has 0 aromatic heterocycles. The molecule has 160 valence electrons. The number of carbonyl (C=O) groups is 1. The maximum atomic E-state index is 12.4. The van der Waals surface area contributed by atoms with Gasteiger partial charge >= 0.3 is 0 Å². The summed E-state index contributed by atoms with van der Waals surface area (Å²) in [6.07, 6.45) is 13.9. The molecule has 3 aliphatic carbocycles. The summed E-state index contributed by atoms with van der Waals surface area (Å²) < 4.78 is 6.25. The van der Waals surface area contributed by atoms with Gasteiger partial charge in [0.15, 0.2) is 8.32 Å². The number of Topliss-reactive ketones (excluding diaryl/α,β-unsaturated/α-hetero) is 1. The second-order valence-electron chi connectivity index (χ2n) is 11.2. The number of ketones is 1. The van der Waals surface area contributed by atoms with E-state index in [1.165, 1.54) is 25.7 Å². The van der Waals surface area contributed by atoms with E-state index in [-0.39, 0.29) is 11.8 Å². The normalized spacial score (nSPS) is 34.4. The SMILES string of the molecule is CC(C)(C)[Si](C)(C)OCCCCCCCC[C@]1(O)CC(=O)[C@@H]2[C@H]1[C@@H]1C=C[C@H]2C1. The van der Waals surface area contributed by atoms with Crippen LogP contribution in [0.4, 0.5) is 0 Å². The van der Waals surface area contributed by atoms with Crippen molar-refractivity contribution < 1.29 is 14.3 Å². The first-order chi connectivity index (χ1) is 13.1. The maximum Gasteiger partial charge on any atom is 0.191 e. The van der Waals surface area contributed by atoms with E-state index >= 15 is 0 Å². The van der Waals surface area contributed by atoms with Crippen LogP contribution in [0.2, 0.25) is 18.1 Å².